The highest BCUT2D eigenvalue weighted by Crippen LogP contribution is 2.27. The lowest BCUT2D eigenvalue weighted by Gasteiger charge is -2.31. The fourth-order valence-corrected chi connectivity index (χ4v) is 3.08. The van der Waals surface area contributed by atoms with E-state index in [1.54, 1.807) is 0 Å². The van der Waals surface area contributed by atoms with E-state index in [2.05, 4.69) is 27.7 Å². The number of carbonyl (C=O) groups excluding carboxylic acids is 1. The molecule has 0 aliphatic carbocycles. The predicted octanol–water partition coefficient (Wildman–Crippen LogP) is 8.50. The van der Waals surface area contributed by atoms with E-state index in [0.29, 0.717) is 0 Å². The van der Waals surface area contributed by atoms with Gasteiger partial charge in [0.25, 0.3) is 0 Å². The van der Waals surface area contributed by atoms with Gasteiger partial charge in [0.05, 0.1) is 11.2 Å². The first kappa shape index (κ1) is 33.1. The zero-order chi connectivity index (χ0) is 26.2. The molecule has 0 amide bonds. The van der Waals surface area contributed by atoms with Gasteiger partial charge < -0.3 is 9.47 Å². The fourth-order valence-electron chi connectivity index (χ4n) is 3.08. The summed E-state index contributed by atoms with van der Waals surface area (Å²) in [6.45, 7) is 20.2. The highest BCUT2D eigenvalue weighted by atomic mass is 17.2. The number of hydrogen-bond donors (Lipinski definition) is 0. The van der Waals surface area contributed by atoms with Crippen molar-refractivity contribution < 1.29 is 33.8 Å². The summed E-state index contributed by atoms with van der Waals surface area (Å²) in [4.78, 5) is 35.6. The Morgan fingerprint density at radius 1 is 0.647 bits per heavy atom. The van der Waals surface area contributed by atoms with Gasteiger partial charge in [-0.1, -0.05) is 67.2 Å². The third kappa shape index (κ3) is 13.9. The van der Waals surface area contributed by atoms with Gasteiger partial charge in [-0.15, -0.1) is 0 Å². The van der Waals surface area contributed by atoms with Crippen molar-refractivity contribution in [2.24, 2.45) is 11.8 Å². The zero-order valence-corrected chi connectivity index (χ0v) is 23.7. The molecule has 0 aromatic carbocycles. The molecule has 0 radical (unpaired) electrons. The Kier molecular flexibility index (Phi) is 17.1. The summed E-state index contributed by atoms with van der Waals surface area (Å²) in [7, 11) is 0. The standard InChI is InChI=1S/C27H54O7/c1-11-17-19-21(13-3)23(31-33-26(7,8)15-5)29-25(28)30-24(22(14-4)20-18-12-2)32-34-27(9,10)16-6/h21-24H,11-20H2,1-10H3. The zero-order valence-electron chi connectivity index (χ0n) is 23.7. The molecular weight excluding hydrogens is 436 g/mol. The van der Waals surface area contributed by atoms with Crippen LogP contribution in [0.1, 0.15) is 133 Å². The van der Waals surface area contributed by atoms with E-state index in [4.69, 9.17) is 29.0 Å². The fraction of sp³-hybridized carbons (Fsp3) is 0.963. The largest absolute Gasteiger partial charge is 0.513 e. The Morgan fingerprint density at radius 2 is 1.00 bits per heavy atom. The van der Waals surface area contributed by atoms with E-state index in [1.165, 1.54) is 0 Å². The van der Waals surface area contributed by atoms with Crippen LogP contribution in [0.5, 0.6) is 0 Å². The van der Waals surface area contributed by atoms with E-state index in [0.717, 1.165) is 64.2 Å². The molecule has 0 spiro atoms. The number of unbranched alkanes of at least 4 members (excludes halogenated alkanes) is 2. The second kappa shape index (κ2) is 17.5. The highest BCUT2D eigenvalue weighted by Gasteiger charge is 2.33. The maximum absolute atomic E-state index is 12.9. The van der Waals surface area contributed by atoms with Crippen LogP contribution in [0, 0.1) is 11.8 Å². The number of carbonyl (C=O) groups is 1. The summed E-state index contributed by atoms with van der Waals surface area (Å²) < 4.78 is 11.4. The van der Waals surface area contributed by atoms with E-state index >= 15 is 0 Å². The average Bonchev–Trinajstić information content (AvgIpc) is 2.81. The summed E-state index contributed by atoms with van der Waals surface area (Å²) in [5.74, 6) is -0.00581. The van der Waals surface area contributed by atoms with Crippen LogP contribution in [-0.4, -0.2) is 29.9 Å². The van der Waals surface area contributed by atoms with Gasteiger partial charge in [0.1, 0.15) is 0 Å². The molecule has 0 saturated carbocycles. The number of ether oxygens (including phenoxy) is 2. The third-order valence-corrected chi connectivity index (χ3v) is 6.54. The van der Waals surface area contributed by atoms with Crippen LogP contribution >= 0.6 is 0 Å². The molecule has 4 atom stereocenters. The van der Waals surface area contributed by atoms with E-state index in [-0.39, 0.29) is 11.8 Å². The van der Waals surface area contributed by atoms with Crippen LogP contribution in [0.3, 0.4) is 0 Å². The van der Waals surface area contributed by atoms with Gasteiger partial charge in [-0.05, 0) is 66.2 Å². The van der Waals surface area contributed by atoms with Crippen LogP contribution < -0.4 is 0 Å². The summed E-state index contributed by atoms with van der Waals surface area (Å²) in [6, 6.07) is 0. The predicted molar refractivity (Wildman–Crippen MR) is 135 cm³/mol. The Morgan fingerprint density at radius 3 is 1.26 bits per heavy atom. The molecule has 34 heavy (non-hydrogen) atoms. The lowest BCUT2D eigenvalue weighted by Crippen LogP contribution is -2.38. The van der Waals surface area contributed by atoms with Crippen molar-refractivity contribution in [3.8, 4) is 0 Å². The van der Waals surface area contributed by atoms with Gasteiger partial charge in [-0.25, -0.2) is 14.6 Å². The lowest BCUT2D eigenvalue weighted by molar-refractivity contribution is -0.434. The topological polar surface area (TPSA) is 72.5 Å². The molecule has 7 heteroatoms. The van der Waals surface area contributed by atoms with Crippen molar-refractivity contribution in [3.05, 3.63) is 0 Å². The quantitative estimate of drug-likeness (QED) is 0.0733. The summed E-state index contributed by atoms with van der Waals surface area (Å²) in [5.41, 5.74) is -0.986. The van der Waals surface area contributed by atoms with Crippen LogP contribution in [0.2, 0.25) is 0 Å². The molecule has 204 valence electrons. The van der Waals surface area contributed by atoms with Gasteiger partial charge in [0, 0.05) is 11.8 Å². The molecule has 0 bridgehead atoms. The summed E-state index contributed by atoms with van der Waals surface area (Å²) in [6.07, 6.45) is 6.36. The molecule has 0 aromatic rings. The first-order chi connectivity index (χ1) is 16.0. The van der Waals surface area contributed by atoms with Crippen molar-refractivity contribution in [3.63, 3.8) is 0 Å². The van der Waals surface area contributed by atoms with Crippen molar-refractivity contribution in [1.29, 1.82) is 0 Å². The summed E-state index contributed by atoms with van der Waals surface area (Å²) in [5, 5.41) is 0. The van der Waals surface area contributed by atoms with Crippen molar-refractivity contribution >= 4 is 6.16 Å². The van der Waals surface area contributed by atoms with Crippen LogP contribution in [-0.2, 0) is 29.0 Å². The first-order valence-electron chi connectivity index (χ1n) is 13.5. The van der Waals surface area contributed by atoms with Crippen LogP contribution in [0.4, 0.5) is 4.79 Å². The normalized spacial score (nSPS) is 16.1. The number of hydrogen-bond acceptors (Lipinski definition) is 7. The molecule has 0 rings (SSSR count). The van der Waals surface area contributed by atoms with E-state index < -0.39 is 29.9 Å². The van der Waals surface area contributed by atoms with Crippen molar-refractivity contribution in [2.75, 3.05) is 0 Å². The van der Waals surface area contributed by atoms with Gasteiger partial charge in [0.2, 0.25) is 12.6 Å². The SMILES string of the molecule is CCCCC(CC)C(OOC(C)(C)CC)OC(=O)OC(OOC(C)(C)CC)C(CC)CCCC. The van der Waals surface area contributed by atoms with Crippen LogP contribution in [0.25, 0.3) is 0 Å². The molecule has 0 aliphatic heterocycles. The molecule has 0 N–H and O–H groups in total. The average molecular weight is 491 g/mol. The second-order valence-corrected chi connectivity index (χ2v) is 10.4. The smallest absolute Gasteiger partial charge is 0.401 e. The monoisotopic (exact) mass is 490 g/mol. The minimum Gasteiger partial charge on any atom is -0.401 e. The molecule has 0 saturated heterocycles. The molecule has 0 aromatic heterocycles. The minimum absolute atomic E-state index is 0.00290. The Bertz CT molecular complexity index is 477. The maximum atomic E-state index is 12.9. The first-order valence-corrected chi connectivity index (χ1v) is 13.5. The highest BCUT2D eigenvalue weighted by molar-refractivity contribution is 5.60. The molecule has 0 fully saturated rings. The van der Waals surface area contributed by atoms with Gasteiger partial charge in [-0.3, -0.25) is 0 Å². The van der Waals surface area contributed by atoms with E-state index in [1.807, 2.05) is 41.5 Å². The van der Waals surface area contributed by atoms with Gasteiger partial charge in [-0.2, -0.15) is 9.78 Å². The molecule has 7 nitrogen and oxygen atoms in total. The van der Waals surface area contributed by atoms with Gasteiger partial charge in [0.15, 0.2) is 0 Å². The van der Waals surface area contributed by atoms with Gasteiger partial charge >= 0.3 is 6.16 Å². The number of rotatable bonds is 20. The maximum Gasteiger partial charge on any atom is 0.513 e. The molecule has 0 aliphatic rings. The van der Waals surface area contributed by atoms with Crippen molar-refractivity contribution in [1.82, 2.24) is 0 Å². The molecule has 4 unspecified atom stereocenters. The molecular formula is C27H54O7. The Balaban J connectivity index is 5.47. The minimum atomic E-state index is -0.862. The second-order valence-electron chi connectivity index (χ2n) is 10.4. The lowest BCUT2D eigenvalue weighted by atomic mass is 9.99. The molecule has 0 heterocycles. The van der Waals surface area contributed by atoms with Crippen LogP contribution in [0.15, 0.2) is 0 Å². The van der Waals surface area contributed by atoms with E-state index in [9.17, 15) is 4.79 Å². The summed E-state index contributed by atoms with van der Waals surface area (Å²) >= 11 is 0. The Labute approximate surface area is 209 Å². The Hall–Kier alpha value is -0.890. The third-order valence-electron chi connectivity index (χ3n) is 6.54. The van der Waals surface area contributed by atoms with Crippen molar-refractivity contribution in [2.45, 2.75) is 157 Å².